The average Bonchev–Trinajstić information content (AvgIpc) is 2.34. The third-order valence-electron chi connectivity index (χ3n) is 2.88. The predicted octanol–water partition coefficient (Wildman–Crippen LogP) is 2.80. The van der Waals surface area contributed by atoms with E-state index in [2.05, 4.69) is 0 Å². The minimum Gasteiger partial charge on any atom is -0.497 e. The van der Waals surface area contributed by atoms with Gasteiger partial charge < -0.3 is 14.7 Å². The molecule has 1 aliphatic heterocycles. The van der Waals surface area contributed by atoms with Gasteiger partial charge in [0, 0.05) is 11.0 Å². The molecule has 0 aromatic heterocycles. The highest BCUT2D eigenvalue weighted by molar-refractivity contribution is 8.03. The summed E-state index contributed by atoms with van der Waals surface area (Å²) in [7, 11) is 1.58. The summed E-state index contributed by atoms with van der Waals surface area (Å²) in [5.41, 5.74) is 0.802. The Kier molecular flexibility index (Phi) is 3.73. The van der Waals surface area contributed by atoms with Crippen molar-refractivity contribution in [1.82, 2.24) is 0 Å². The number of thioether (sulfide) groups is 1. The maximum Gasteiger partial charge on any atom is 0.323 e. The second-order valence-corrected chi connectivity index (χ2v) is 6.78. The van der Waals surface area contributed by atoms with Gasteiger partial charge in [0.15, 0.2) is 0 Å². The SMILES string of the molecule is COc1ccc2c(c1)N(CC(=O)O)C(=S)C(C)(C)S2. The Morgan fingerprint density at radius 1 is 1.53 bits per heavy atom. The number of carboxylic acid groups (broad SMARTS) is 1. The van der Waals surface area contributed by atoms with Gasteiger partial charge in [-0.05, 0) is 26.0 Å². The monoisotopic (exact) mass is 297 g/mol. The van der Waals surface area contributed by atoms with Crippen molar-refractivity contribution < 1.29 is 14.6 Å². The zero-order valence-electron chi connectivity index (χ0n) is 11.0. The van der Waals surface area contributed by atoms with Gasteiger partial charge in [0.25, 0.3) is 0 Å². The molecule has 0 bridgehead atoms. The highest BCUT2D eigenvalue weighted by Crippen LogP contribution is 2.46. The van der Waals surface area contributed by atoms with E-state index in [0.29, 0.717) is 10.7 Å². The Bertz CT molecular complexity index is 543. The molecule has 4 nitrogen and oxygen atoms in total. The van der Waals surface area contributed by atoms with Crippen molar-refractivity contribution in [3.05, 3.63) is 18.2 Å². The number of carboxylic acids is 1. The van der Waals surface area contributed by atoms with Gasteiger partial charge in [-0.1, -0.05) is 12.2 Å². The van der Waals surface area contributed by atoms with Crippen molar-refractivity contribution in [1.29, 1.82) is 0 Å². The molecule has 0 spiro atoms. The summed E-state index contributed by atoms with van der Waals surface area (Å²) in [6.07, 6.45) is 0. The van der Waals surface area contributed by atoms with Gasteiger partial charge in [-0.15, -0.1) is 11.8 Å². The minimum absolute atomic E-state index is 0.136. The molecule has 2 rings (SSSR count). The van der Waals surface area contributed by atoms with E-state index in [4.69, 9.17) is 22.1 Å². The van der Waals surface area contributed by atoms with Crippen LogP contribution in [0.4, 0.5) is 5.69 Å². The molecule has 1 N–H and O–H groups in total. The van der Waals surface area contributed by atoms with E-state index in [9.17, 15) is 4.79 Å². The van der Waals surface area contributed by atoms with Crippen molar-refractivity contribution in [2.24, 2.45) is 0 Å². The van der Waals surface area contributed by atoms with Crippen LogP contribution in [0.3, 0.4) is 0 Å². The van der Waals surface area contributed by atoms with Gasteiger partial charge in [-0.2, -0.15) is 0 Å². The molecule has 0 amide bonds. The van der Waals surface area contributed by atoms with Crippen LogP contribution in [0.5, 0.6) is 5.75 Å². The third-order valence-corrected chi connectivity index (χ3v) is 5.00. The Balaban J connectivity index is 2.52. The number of hydrogen-bond donors (Lipinski definition) is 1. The first-order chi connectivity index (χ1) is 8.85. The third kappa shape index (κ3) is 2.69. The minimum atomic E-state index is -0.904. The molecule has 0 aliphatic carbocycles. The van der Waals surface area contributed by atoms with Crippen molar-refractivity contribution in [2.75, 3.05) is 18.6 Å². The number of rotatable bonds is 3. The van der Waals surface area contributed by atoms with Crippen molar-refractivity contribution in [3.8, 4) is 5.75 Å². The van der Waals surface area contributed by atoms with Crippen LogP contribution in [0.2, 0.25) is 0 Å². The summed E-state index contributed by atoms with van der Waals surface area (Å²) in [4.78, 5) is 14.4. The lowest BCUT2D eigenvalue weighted by Gasteiger charge is -2.40. The summed E-state index contributed by atoms with van der Waals surface area (Å²) in [5, 5.41) is 9.07. The summed E-state index contributed by atoms with van der Waals surface area (Å²) >= 11 is 7.08. The average molecular weight is 297 g/mol. The van der Waals surface area contributed by atoms with E-state index in [0.717, 1.165) is 10.6 Å². The van der Waals surface area contributed by atoms with Crippen LogP contribution in [-0.4, -0.2) is 34.5 Å². The lowest BCUT2D eigenvalue weighted by molar-refractivity contribution is -0.135. The predicted molar refractivity (Wildman–Crippen MR) is 80.5 cm³/mol. The molecule has 19 heavy (non-hydrogen) atoms. The topological polar surface area (TPSA) is 49.8 Å². The molecular formula is C13H15NO3S2. The number of nitrogens with zero attached hydrogens (tertiary/aromatic N) is 1. The molecule has 0 radical (unpaired) electrons. The molecule has 1 aromatic rings. The largest absolute Gasteiger partial charge is 0.497 e. The molecule has 1 heterocycles. The summed E-state index contributed by atoms with van der Waals surface area (Å²) in [6, 6.07) is 5.64. The van der Waals surface area contributed by atoms with Crippen molar-refractivity contribution >= 4 is 40.6 Å². The molecule has 6 heteroatoms. The lowest BCUT2D eigenvalue weighted by Crippen LogP contribution is -2.47. The first kappa shape index (κ1) is 14.1. The summed E-state index contributed by atoms with van der Waals surface area (Å²) in [6.45, 7) is 3.87. The van der Waals surface area contributed by atoms with Crippen LogP contribution in [-0.2, 0) is 4.79 Å². The molecule has 0 saturated heterocycles. The molecule has 1 aromatic carbocycles. The molecule has 0 unspecified atom stereocenters. The number of carbonyl (C=O) groups is 1. The van der Waals surface area contributed by atoms with Crippen molar-refractivity contribution in [2.45, 2.75) is 23.5 Å². The molecule has 1 aliphatic rings. The van der Waals surface area contributed by atoms with Crippen molar-refractivity contribution in [3.63, 3.8) is 0 Å². The highest BCUT2D eigenvalue weighted by atomic mass is 32.2. The number of benzene rings is 1. The smallest absolute Gasteiger partial charge is 0.323 e. The Morgan fingerprint density at radius 2 is 2.21 bits per heavy atom. The van der Waals surface area contributed by atoms with Gasteiger partial charge in [0.2, 0.25) is 0 Å². The fraction of sp³-hybridized carbons (Fsp3) is 0.385. The molecule has 0 saturated carbocycles. The summed E-state index contributed by atoms with van der Waals surface area (Å²) < 4.78 is 4.89. The van der Waals surface area contributed by atoms with Gasteiger partial charge in [0.05, 0.1) is 22.5 Å². The fourth-order valence-corrected chi connectivity index (χ4v) is 3.41. The maximum atomic E-state index is 11.0. The quantitative estimate of drug-likeness (QED) is 0.866. The fourth-order valence-electron chi connectivity index (χ4n) is 1.97. The van der Waals surface area contributed by atoms with E-state index in [-0.39, 0.29) is 11.3 Å². The maximum absolute atomic E-state index is 11.0. The molecule has 102 valence electrons. The molecule has 0 fully saturated rings. The van der Waals surface area contributed by atoms with E-state index >= 15 is 0 Å². The van der Waals surface area contributed by atoms with E-state index < -0.39 is 5.97 Å². The van der Waals surface area contributed by atoms with Gasteiger partial charge in [-0.25, -0.2) is 0 Å². The molecular weight excluding hydrogens is 282 g/mol. The number of thiocarbonyl (C=S) groups is 1. The number of hydrogen-bond acceptors (Lipinski definition) is 4. The highest BCUT2D eigenvalue weighted by Gasteiger charge is 2.37. The van der Waals surface area contributed by atoms with Crippen LogP contribution < -0.4 is 9.64 Å². The van der Waals surface area contributed by atoms with Gasteiger partial charge in [-0.3, -0.25) is 4.79 Å². The Labute approximate surface area is 121 Å². The van der Waals surface area contributed by atoms with E-state index in [1.54, 1.807) is 23.8 Å². The van der Waals surface area contributed by atoms with Crippen LogP contribution in [0.1, 0.15) is 13.8 Å². The van der Waals surface area contributed by atoms with E-state index in [1.165, 1.54) is 0 Å². The zero-order chi connectivity index (χ0) is 14.2. The number of methoxy groups -OCH3 is 1. The van der Waals surface area contributed by atoms with E-state index in [1.807, 2.05) is 32.0 Å². The van der Waals surface area contributed by atoms with Crippen LogP contribution >= 0.6 is 24.0 Å². The second kappa shape index (κ2) is 5.02. The number of anilines is 1. The Hall–Kier alpha value is -1.27. The lowest BCUT2D eigenvalue weighted by atomic mass is 10.1. The normalized spacial score (nSPS) is 17.0. The van der Waals surface area contributed by atoms with Crippen LogP contribution in [0, 0.1) is 0 Å². The van der Waals surface area contributed by atoms with Gasteiger partial charge >= 0.3 is 5.97 Å². The van der Waals surface area contributed by atoms with Gasteiger partial charge in [0.1, 0.15) is 12.3 Å². The Morgan fingerprint density at radius 3 is 2.79 bits per heavy atom. The standard InChI is InChI=1S/C13H15NO3S2/c1-13(2)12(18)14(7-11(15)16)9-6-8(17-3)4-5-10(9)19-13/h4-6H,7H2,1-3H3,(H,15,16). The van der Waals surface area contributed by atoms with Crippen LogP contribution in [0.25, 0.3) is 0 Å². The molecule has 0 atom stereocenters. The summed E-state index contributed by atoms with van der Waals surface area (Å²) in [5.74, 6) is -0.212. The first-order valence-electron chi connectivity index (χ1n) is 5.76. The number of fused-ring (bicyclic) bond motifs is 1. The number of aliphatic carboxylic acids is 1. The zero-order valence-corrected chi connectivity index (χ0v) is 12.6. The number of ether oxygens (including phenoxy) is 1. The van der Waals surface area contributed by atoms with Crippen LogP contribution in [0.15, 0.2) is 23.1 Å². The first-order valence-corrected chi connectivity index (χ1v) is 6.98. The second-order valence-electron chi connectivity index (χ2n) is 4.73.